The molecule has 106 valence electrons. The van der Waals surface area contributed by atoms with Crippen molar-refractivity contribution in [2.45, 2.75) is 39.2 Å². The second kappa shape index (κ2) is 5.70. The summed E-state index contributed by atoms with van der Waals surface area (Å²) < 4.78 is 1.90. The van der Waals surface area contributed by atoms with Crippen LogP contribution in [0.4, 0.5) is 5.69 Å². The Hall–Kier alpha value is -1.77. The van der Waals surface area contributed by atoms with E-state index in [0.717, 1.165) is 17.5 Å². The van der Waals surface area contributed by atoms with Crippen molar-refractivity contribution < 1.29 is 0 Å². The minimum Gasteiger partial charge on any atom is -0.382 e. The first-order valence-electron chi connectivity index (χ1n) is 7.59. The molecule has 2 aromatic rings. The average Bonchev–Trinajstić information content (AvgIpc) is 2.96. The zero-order valence-electron chi connectivity index (χ0n) is 12.3. The van der Waals surface area contributed by atoms with Crippen molar-refractivity contribution in [2.24, 2.45) is 11.8 Å². The Bertz CT molecular complexity index is 547. The van der Waals surface area contributed by atoms with Gasteiger partial charge in [0.15, 0.2) is 0 Å². The highest BCUT2D eigenvalue weighted by Crippen LogP contribution is 2.31. The highest BCUT2D eigenvalue weighted by Gasteiger charge is 2.25. The maximum absolute atomic E-state index is 4.29. The summed E-state index contributed by atoms with van der Waals surface area (Å²) in [5, 5.41) is 8.00. The molecular weight excluding hydrogens is 246 g/mol. The van der Waals surface area contributed by atoms with Crippen LogP contribution in [0.1, 0.15) is 33.1 Å². The van der Waals surface area contributed by atoms with Crippen molar-refractivity contribution in [3.05, 3.63) is 42.7 Å². The van der Waals surface area contributed by atoms with Gasteiger partial charge in [-0.3, -0.25) is 0 Å². The maximum atomic E-state index is 4.29. The minimum atomic E-state index is 0.596. The van der Waals surface area contributed by atoms with E-state index in [9.17, 15) is 0 Å². The molecule has 1 aromatic carbocycles. The third-order valence-corrected chi connectivity index (χ3v) is 4.40. The van der Waals surface area contributed by atoms with Crippen molar-refractivity contribution in [1.82, 2.24) is 9.78 Å². The van der Waals surface area contributed by atoms with Crippen molar-refractivity contribution >= 4 is 5.69 Å². The van der Waals surface area contributed by atoms with Crippen LogP contribution in [0.2, 0.25) is 0 Å². The Balaban J connectivity index is 1.73. The largest absolute Gasteiger partial charge is 0.382 e. The smallest absolute Gasteiger partial charge is 0.0666 e. The van der Waals surface area contributed by atoms with Crippen LogP contribution in [0, 0.1) is 11.8 Å². The quantitative estimate of drug-likeness (QED) is 0.908. The first-order valence-corrected chi connectivity index (χ1v) is 7.59. The highest BCUT2D eigenvalue weighted by molar-refractivity contribution is 5.51. The lowest BCUT2D eigenvalue weighted by molar-refractivity contribution is 0.276. The molecule has 1 N–H and O–H groups in total. The molecule has 0 saturated heterocycles. The van der Waals surface area contributed by atoms with Gasteiger partial charge < -0.3 is 5.32 Å². The number of hydrogen-bond donors (Lipinski definition) is 1. The number of aromatic nitrogens is 2. The van der Waals surface area contributed by atoms with Gasteiger partial charge in [0.2, 0.25) is 0 Å². The third kappa shape index (κ3) is 2.87. The lowest BCUT2D eigenvalue weighted by Gasteiger charge is -2.33. The van der Waals surface area contributed by atoms with Gasteiger partial charge in [0.25, 0.3) is 0 Å². The molecule has 1 aromatic heterocycles. The van der Waals surface area contributed by atoms with E-state index in [1.807, 2.05) is 23.1 Å². The summed E-state index contributed by atoms with van der Waals surface area (Å²) in [7, 11) is 0. The molecule has 1 aliphatic carbocycles. The van der Waals surface area contributed by atoms with Gasteiger partial charge >= 0.3 is 0 Å². The Morgan fingerprint density at radius 2 is 2.10 bits per heavy atom. The van der Waals surface area contributed by atoms with Crippen LogP contribution in [0.3, 0.4) is 0 Å². The van der Waals surface area contributed by atoms with Crippen LogP contribution in [-0.4, -0.2) is 15.8 Å². The van der Waals surface area contributed by atoms with Gasteiger partial charge in [0.1, 0.15) is 0 Å². The second-order valence-corrected chi connectivity index (χ2v) is 6.15. The van der Waals surface area contributed by atoms with Gasteiger partial charge in [-0.1, -0.05) is 19.9 Å². The van der Waals surface area contributed by atoms with Gasteiger partial charge in [-0.05, 0) is 55.4 Å². The molecule has 1 fully saturated rings. The summed E-state index contributed by atoms with van der Waals surface area (Å²) in [5.74, 6) is 1.62. The van der Waals surface area contributed by atoms with Gasteiger partial charge in [0.05, 0.1) is 5.69 Å². The molecule has 3 nitrogen and oxygen atoms in total. The number of hydrogen-bond acceptors (Lipinski definition) is 2. The zero-order chi connectivity index (χ0) is 13.9. The molecule has 1 aliphatic rings. The minimum absolute atomic E-state index is 0.596. The fraction of sp³-hybridized carbons (Fsp3) is 0.471. The Kier molecular flexibility index (Phi) is 3.77. The lowest BCUT2D eigenvalue weighted by atomic mass is 9.80. The van der Waals surface area contributed by atoms with E-state index in [1.165, 1.54) is 24.9 Å². The molecule has 3 atom stereocenters. The van der Waals surface area contributed by atoms with Crippen molar-refractivity contribution in [3.8, 4) is 5.69 Å². The molecule has 0 aliphatic heterocycles. The molecular formula is C17H23N3. The van der Waals surface area contributed by atoms with Crippen LogP contribution < -0.4 is 5.32 Å². The van der Waals surface area contributed by atoms with Crippen molar-refractivity contribution in [3.63, 3.8) is 0 Å². The monoisotopic (exact) mass is 269 g/mol. The molecule has 3 rings (SSSR count). The van der Waals surface area contributed by atoms with Crippen molar-refractivity contribution in [2.75, 3.05) is 5.32 Å². The third-order valence-electron chi connectivity index (χ3n) is 4.40. The predicted octanol–water partition coefficient (Wildman–Crippen LogP) is 4.11. The molecule has 0 spiro atoms. The fourth-order valence-corrected chi connectivity index (χ4v) is 3.25. The van der Waals surface area contributed by atoms with E-state index < -0.39 is 0 Å². The maximum Gasteiger partial charge on any atom is 0.0666 e. The number of nitrogens with zero attached hydrogens (tertiary/aromatic N) is 2. The predicted molar refractivity (Wildman–Crippen MR) is 83.2 cm³/mol. The van der Waals surface area contributed by atoms with E-state index in [1.54, 1.807) is 0 Å². The second-order valence-electron chi connectivity index (χ2n) is 6.15. The van der Waals surface area contributed by atoms with E-state index in [4.69, 9.17) is 0 Å². The van der Waals surface area contributed by atoms with Crippen LogP contribution in [-0.2, 0) is 0 Å². The van der Waals surface area contributed by atoms with Gasteiger partial charge in [-0.2, -0.15) is 5.10 Å². The first-order chi connectivity index (χ1) is 9.72. The lowest BCUT2D eigenvalue weighted by Crippen LogP contribution is -2.33. The summed E-state index contributed by atoms with van der Waals surface area (Å²) in [6.45, 7) is 4.73. The molecule has 3 heteroatoms. The number of nitrogens with one attached hydrogen (secondary N) is 1. The average molecular weight is 269 g/mol. The fourth-order valence-electron chi connectivity index (χ4n) is 3.25. The van der Waals surface area contributed by atoms with E-state index in [2.05, 4.69) is 48.5 Å². The van der Waals surface area contributed by atoms with Crippen LogP contribution >= 0.6 is 0 Å². The normalized spacial score (nSPS) is 26.4. The van der Waals surface area contributed by atoms with E-state index >= 15 is 0 Å². The van der Waals surface area contributed by atoms with Gasteiger partial charge in [-0.15, -0.1) is 0 Å². The summed E-state index contributed by atoms with van der Waals surface area (Å²) in [6.07, 6.45) is 7.72. The Morgan fingerprint density at radius 1 is 1.20 bits per heavy atom. The molecule has 1 saturated carbocycles. The highest BCUT2D eigenvalue weighted by atomic mass is 15.3. The van der Waals surface area contributed by atoms with E-state index in [-0.39, 0.29) is 0 Å². The van der Waals surface area contributed by atoms with Crippen LogP contribution in [0.15, 0.2) is 42.7 Å². The summed E-state index contributed by atoms with van der Waals surface area (Å²) in [5.41, 5.74) is 2.31. The molecule has 0 bridgehead atoms. The molecule has 0 amide bonds. The first kappa shape index (κ1) is 13.2. The summed E-state index contributed by atoms with van der Waals surface area (Å²) in [4.78, 5) is 0. The molecule has 20 heavy (non-hydrogen) atoms. The Labute approximate surface area is 121 Å². The van der Waals surface area contributed by atoms with Crippen molar-refractivity contribution in [1.29, 1.82) is 0 Å². The van der Waals surface area contributed by atoms with E-state index in [0.29, 0.717) is 6.04 Å². The molecule has 3 unspecified atom stereocenters. The van der Waals surface area contributed by atoms with Crippen LogP contribution in [0.25, 0.3) is 5.69 Å². The topological polar surface area (TPSA) is 29.9 Å². The summed E-state index contributed by atoms with van der Waals surface area (Å²) >= 11 is 0. The van der Waals surface area contributed by atoms with Gasteiger partial charge in [-0.25, -0.2) is 4.68 Å². The molecule has 0 radical (unpaired) electrons. The zero-order valence-corrected chi connectivity index (χ0v) is 12.3. The van der Waals surface area contributed by atoms with Crippen LogP contribution in [0.5, 0.6) is 0 Å². The van der Waals surface area contributed by atoms with Gasteiger partial charge in [0, 0.05) is 24.1 Å². The Morgan fingerprint density at radius 3 is 2.85 bits per heavy atom. The number of benzene rings is 1. The number of anilines is 1. The number of rotatable bonds is 3. The SMILES string of the molecule is CC1CCC(Nc2cccc(-n3cccn3)c2)C(C)C1. The molecule has 1 heterocycles. The summed E-state index contributed by atoms with van der Waals surface area (Å²) in [6, 6.07) is 11.1. The standard InChI is InChI=1S/C17H23N3/c1-13-7-8-17(14(2)11-13)19-15-5-3-6-16(12-15)20-10-4-9-18-20/h3-6,9-10,12-14,17,19H,7-8,11H2,1-2H3.